The predicted octanol–water partition coefficient (Wildman–Crippen LogP) is 3.31. The van der Waals surface area contributed by atoms with Crippen LogP contribution in [-0.2, 0) is 6.42 Å². The van der Waals surface area contributed by atoms with Crippen LogP contribution in [0.15, 0.2) is 67.3 Å². The summed E-state index contributed by atoms with van der Waals surface area (Å²) in [5.74, 6) is 0. The van der Waals surface area contributed by atoms with Crippen molar-refractivity contribution in [3.8, 4) is 5.69 Å². The molecule has 0 unspecified atom stereocenters. The van der Waals surface area contributed by atoms with Crippen LogP contribution in [-0.4, -0.2) is 21.3 Å². The normalized spacial score (nSPS) is 10.5. The molecule has 0 fully saturated rings. The lowest BCUT2D eigenvalue weighted by molar-refractivity contribution is 0.850. The fourth-order valence-corrected chi connectivity index (χ4v) is 2.32. The standard InChI is InChI=1S/C17H18N4/c1-2-7-15(8-3-1)9-6-12-19-16-10-4-5-11-17(16)21-14-18-13-20-21/h1-5,7-8,10-11,13-14,19H,6,9,12H2. The average Bonchev–Trinajstić information content (AvgIpc) is 3.07. The molecule has 0 saturated carbocycles. The van der Waals surface area contributed by atoms with Gasteiger partial charge in [0.15, 0.2) is 0 Å². The summed E-state index contributed by atoms with van der Waals surface area (Å²) >= 11 is 0. The highest BCUT2D eigenvalue weighted by Crippen LogP contribution is 2.18. The van der Waals surface area contributed by atoms with Crippen LogP contribution < -0.4 is 5.32 Å². The zero-order chi connectivity index (χ0) is 14.3. The van der Waals surface area contributed by atoms with Gasteiger partial charge in [0.25, 0.3) is 0 Å². The minimum atomic E-state index is 0.931. The molecule has 0 aliphatic carbocycles. The van der Waals surface area contributed by atoms with Gasteiger partial charge in [-0.2, -0.15) is 5.10 Å². The molecule has 0 saturated heterocycles. The van der Waals surface area contributed by atoms with Crippen molar-refractivity contribution in [3.63, 3.8) is 0 Å². The van der Waals surface area contributed by atoms with Gasteiger partial charge < -0.3 is 5.32 Å². The molecule has 0 atom stereocenters. The smallest absolute Gasteiger partial charge is 0.138 e. The number of anilines is 1. The van der Waals surface area contributed by atoms with Gasteiger partial charge in [0.2, 0.25) is 0 Å². The van der Waals surface area contributed by atoms with Crippen LogP contribution in [0, 0.1) is 0 Å². The Balaban J connectivity index is 1.59. The molecule has 0 aliphatic rings. The van der Waals surface area contributed by atoms with E-state index in [1.807, 2.05) is 18.2 Å². The van der Waals surface area contributed by atoms with Gasteiger partial charge in [0.05, 0.1) is 11.4 Å². The zero-order valence-corrected chi connectivity index (χ0v) is 11.8. The number of hydrogen-bond donors (Lipinski definition) is 1. The number of hydrogen-bond acceptors (Lipinski definition) is 3. The van der Waals surface area contributed by atoms with Gasteiger partial charge in [0.1, 0.15) is 12.7 Å². The Labute approximate surface area is 124 Å². The minimum Gasteiger partial charge on any atom is -0.383 e. The molecule has 2 aromatic carbocycles. The van der Waals surface area contributed by atoms with E-state index in [-0.39, 0.29) is 0 Å². The molecule has 0 radical (unpaired) electrons. The van der Waals surface area contributed by atoms with Gasteiger partial charge in [-0.25, -0.2) is 9.67 Å². The summed E-state index contributed by atoms with van der Waals surface area (Å²) in [7, 11) is 0. The summed E-state index contributed by atoms with van der Waals surface area (Å²) in [6.07, 6.45) is 5.44. The third-order valence-electron chi connectivity index (χ3n) is 3.37. The molecule has 106 valence electrons. The highest BCUT2D eigenvalue weighted by molar-refractivity contribution is 5.60. The molecule has 1 aromatic heterocycles. The van der Waals surface area contributed by atoms with E-state index in [1.165, 1.54) is 5.56 Å². The largest absolute Gasteiger partial charge is 0.383 e. The molecular weight excluding hydrogens is 260 g/mol. The molecule has 0 spiro atoms. The van der Waals surface area contributed by atoms with E-state index in [0.29, 0.717) is 0 Å². The second-order valence-corrected chi connectivity index (χ2v) is 4.87. The fraction of sp³-hybridized carbons (Fsp3) is 0.176. The number of para-hydroxylation sites is 2. The van der Waals surface area contributed by atoms with Gasteiger partial charge in [-0.1, -0.05) is 42.5 Å². The molecule has 3 aromatic rings. The Kier molecular flexibility index (Phi) is 4.27. The second kappa shape index (κ2) is 6.70. The molecule has 0 aliphatic heterocycles. The number of benzene rings is 2. The topological polar surface area (TPSA) is 42.7 Å². The second-order valence-electron chi connectivity index (χ2n) is 4.87. The Morgan fingerprint density at radius 3 is 2.57 bits per heavy atom. The van der Waals surface area contributed by atoms with Crippen LogP contribution in [0.1, 0.15) is 12.0 Å². The predicted molar refractivity (Wildman–Crippen MR) is 84.6 cm³/mol. The maximum Gasteiger partial charge on any atom is 0.138 e. The van der Waals surface area contributed by atoms with E-state index in [0.717, 1.165) is 30.8 Å². The Bertz CT molecular complexity index is 662. The molecular formula is C17H18N4. The molecule has 21 heavy (non-hydrogen) atoms. The summed E-state index contributed by atoms with van der Waals surface area (Å²) in [5, 5.41) is 7.67. The molecule has 0 bridgehead atoms. The first kappa shape index (κ1) is 13.4. The minimum absolute atomic E-state index is 0.931. The van der Waals surface area contributed by atoms with Crippen LogP contribution in [0.5, 0.6) is 0 Å². The molecule has 0 amide bonds. The molecule has 1 heterocycles. The van der Waals surface area contributed by atoms with Crippen molar-refractivity contribution in [3.05, 3.63) is 72.8 Å². The Hall–Kier alpha value is -2.62. The summed E-state index contributed by atoms with van der Waals surface area (Å²) in [5.41, 5.74) is 3.48. The van der Waals surface area contributed by atoms with E-state index in [2.05, 4.69) is 51.8 Å². The SMILES string of the molecule is c1ccc(CCCNc2ccccc2-n2cncn2)cc1. The lowest BCUT2D eigenvalue weighted by Crippen LogP contribution is -2.07. The van der Waals surface area contributed by atoms with E-state index in [4.69, 9.17) is 0 Å². The number of nitrogens with one attached hydrogen (secondary N) is 1. The van der Waals surface area contributed by atoms with E-state index in [1.54, 1.807) is 17.3 Å². The summed E-state index contributed by atoms with van der Waals surface area (Å²) in [4.78, 5) is 4.00. The van der Waals surface area contributed by atoms with E-state index < -0.39 is 0 Å². The van der Waals surface area contributed by atoms with Gasteiger partial charge in [-0.05, 0) is 30.5 Å². The van der Waals surface area contributed by atoms with Crippen molar-refractivity contribution in [2.45, 2.75) is 12.8 Å². The van der Waals surface area contributed by atoms with Crippen molar-refractivity contribution in [2.24, 2.45) is 0 Å². The monoisotopic (exact) mass is 278 g/mol. The summed E-state index contributed by atoms with van der Waals surface area (Å²) < 4.78 is 1.78. The lowest BCUT2D eigenvalue weighted by atomic mass is 10.1. The highest BCUT2D eigenvalue weighted by Gasteiger charge is 2.03. The van der Waals surface area contributed by atoms with Crippen molar-refractivity contribution >= 4 is 5.69 Å². The van der Waals surface area contributed by atoms with Crippen LogP contribution in [0.25, 0.3) is 5.69 Å². The highest BCUT2D eigenvalue weighted by atomic mass is 15.3. The van der Waals surface area contributed by atoms with Crippen molar-refractivity contribution in [1.29, 1.82) is 0 Å². The zero-order valence-electron chi connectivity index (χ0n) is 11.8. The maximum atomic E-state index is 4.19. The number of aryl methyl sites for hydroxylation is 1. The summed E-state index contributed by atoms with van der Waals surface area (Å²) in [6.45, 7) is 0.931. The first-order chi connectivity index (χ1) is 10.4. The molecule has 1 N–H and O–H groups in total. The Morgan fingerprint density at radius 1 is 0.952 bits per heavy atom. The van der Waals surface area contributed by atoms with Gasteiger partial charge in [0, 0.05) is 6.54 Å². The number of aromatic nitrogens is 3. The first-order valence-corrected chi connectivity index (χ1v) is 7.15. The van der Waals surface area contributed by atoms with Crippen LogP contribution in [0.3, 0.4) is 0 Å². The van der Waals surface area contributed by atoms with E-state index in [9.17, 15) is 0 Å². The molecule has 4 nitrogen and oxygen atoms in total. The number of nitrogens with zero attached hydrogens (tertiary/aromatic N) is 3. The van der Waals surface area contributed by atoms with Gasteiger partial charge >= 0.3 is 0 Å². The van der Waals surface area contributed by atoms with Crippen molar-refractivity contribution in [2.75, 3.05) is 11.9 Å². The van der Waals surface area contributed by atoms with Gasteiger partial charge in [-0.15, -0.1) is 0 Å². The Morgan fingerprint density at radius 2 is 1.76 bits per heavy atom. The average molecular weight is 278 g/mol. The first-order valence-electron chi connectivity index (χ1n) is 7.15. The third kappa shape index (κ3) is 3.48. The van der Waals surface area contributed by atoms with Crippen molar-refractivity contribution in [1.82, 2.24) is 14.8 Å². The number of rotatable bonds is 6. The van der Waals surface area contributed by atoms with Crippen LogP contribution >= 0.6 is 0 Å². The summed E-state index contributed by atoms with van der Waals surface area (Å²) in [6, 6.07) is 18.7. The molecule has 4 heteroatoms. The molecule has 3 rings (SSSR count). The fourth-order valence-electron chi connectivity index (χ4n) is 2.32. The van der Waals surface area contributed by atoms with Crippen LogP contribution in [0.2, 0.25) is 0 Å². The lowest BCUT2D eigenvalue weighted by Gasteiger charge is -2.11. The van der Waals surface area contributed by atoms with Crippen LogP contribution in [0.4, 0.5) is 5.69 Å². The third-order valence-corrected chi connectivity index (χ3v) is 3.37. The van der Waals surface area contributed by atoms with Crippen molar-refractivity contribution < 1.29 is 0 Å². The van der Waals surface area contributed by atoms with E-state index >= 15 is 0 Å². The van der Waals surface area contributed by atoms with Gasteiger partial charge in [-0.3, -0.25) is 0 Å². The maximum absolute atomic E-state index is 4.19. The quantitative estimate of drug-likeness (QED) is 0.703.